The summed E-state index contributed by atoms with van der Waals surface area (Å²) in [6.07, 6.45) is 9.77. The summed E-state index contributed by atoms with van der Waals surface area (Å²) >= 11 is 0. The fourth-order valence-electron chi connectivity index (χ4n) is 2.54. The van der Waals surface area contributed by atoms with E-state index < -0.39 is 5.54 Å². The molecule has 1 aliphatic carbocycles. The van der Waals surface area contributed by atoms with Crippen LogP contribution in [0.15, 0.2) is 24.8 Å². The number of carbonyl (C=O) groups excluding carboxylic acids is 1. The molecular formula is C13H13N5O. The molecule has 0 aliphatic heterocycles. The minimum atomic E-state index is -0.715. The van der Waals surface area contributed by atoms with E-state index in [1.165, 1.54) is 6.20 Å². The summed E-state index contributed by atoms with van der Waals surface area (Å²) in [5.74, 6) is -0.258. The lowest BCUT2D eigenvalue weighted by molar-refractivity contribution is 0.0922. The number of carbonyl (C=O) groups is 1. The molecule has 3 rings (SSSR count). The van der Waals surface area contributed by atoms with E-state index in [0.29, 0.717) is 23.9 Å². The number of rotatable bonds is 2. The molecular weight excluding hydrogens is 242 g/mol. The summed E-state index contributed by atoms with van der Waals surface area (Å²) in [5, 5.41) is 16.2. The van der Waals surface area contributed by atoms with Crippen LogP contribution in [0.1, 0.15) is 36.0 Å². The molecule has 6 nitrogen and oxygen atoms in total. The van der Waals surface area contributed by atoms with E-state index in [1.54, 1.807) is 23.1 Å². The van der Waals surface area contributed by atoms with Crippen LogP contribution in [-0.2, 0) is 0 Å². The van der Waals surface area contributed by atoms with Crippen molar-refractivity contribution in [3.8, 4) is 6.07 Å². The lowest BCUT2D eigenvalue weighted by atomic mass is 9.99. The maximum absolute atomic E-state index is 12.3. The highest BCUT2D eigenvalue weighted by atomic mass is 16.1. The van der Waals surface area contributed by atoms with Gasteiger partial charge >= 0.3 is 0 Å². The molecule has 0 radical (unpaired) electrons. The topological polar surface area (TPSA) is 83.1 Å². The molecule has 0 atom stereocenters. The van der Waals surface area contributed by atoms with Crippen LogP contribution < -0.4 is 5.32 Å². The largest absolute Gasteiger partial charge is 0.334 e. The number of nitrogens with zero attached hydrogens (tertiary/aromatic N) is 4. The van der Waals surface area contributed by atoms with E-state index in [-0.39, 0.29) is 5.91 Å². The third kappa shape index (κ3) is 1.93. The second-order valence-corrected chi connectivity index (χ2v) is 4.82. The van der Waals surface area contributed by atoms with E-state index in [0.717, 1.165) is 12.8 Å². The van der Waals surface area contributed by atoms with Crippen molar-refractivity contribution < 1.29 is 4.79 Å². The molecule has 0 unspecified atom stereocenters. The zero-order valence-corrected chi connectivity index (χ0v) is 10.3. The Balaban J connectivity index is 1.90. The zero-order chi connectivity index (χ0) is 13.3. The van der Waals surface area contributed by atoms with Crippen LogP contribution in [0.5, 0.6) is 0 Å². The van der Waals surface area contributed by atoms with Gasteiger partial charge in [0.05, 0.1) is 29.5 Å². The highest BCUT2D eigenvalue weighted by molar-refractivity contribution is 6.01. The summed E-state index contributed by atoms with van der Waals surface area (Å²) in [5.41, 5.74) is 0.383. The molecule has 1 N–H and O–H groups in total. The summed E-state index contributed by atoms with van der Waals surface area (Å²) < 4.78 is 1.59. The highest BCUT2D eigenvalue weighted by Crippen LogP contribution is 2.29. The van der Waals surface area contributed by atoms with Crippen LogP contribution in [-0.4, -0.2) is 26.0 Å². The molecule has 0 saturated heterocycles. The normalized spacial score (nSPS) is 17.2. The van der Waals surface area contributed by atoms with E-state index in [1.807, 2.05) is 0 Å². The summed E-state index contributed by atoms with van der Waals surface area (Å²) in [6, 6.07) is 2.24. The first-order valence-corrected chi connectivity index (χ1v) is 6.25. The number of amides is 1. The molecule has 2 aromatic heterocycles. The van der Waals surface area contributed by atoms with Crippen molar-refractivity contribution >= 4 is 11.4 Å². The minimum absolute atomic E-state index is 0.258. The van der Waals surface area contributed by atoms with Crippen LogP contribution in [0.2, 0.25) is 0 Å². The van der Waals surface area contributed by atoms with Gasteiger partial charge in [0.2, 0.25) is 0 Å². The van der Waals surface area contributed by atoms with Crippen LogP contribution in [0, 0.1) is 11.3 Å². The van der Waals surface area contributed by atoms with E-state index in [9.17, 15) is 10.1 Å². The van der Waals surface area contributed by atoms with Crippen molar-refractivity contribution in [2.45, 2.75) is 31.2 Å². The Labute approximate surface area is 110 Å². The SMILES string of the molecule is N#CC1(NC(=O)c2cnn3ccncc23)CCCC1. The number of hydrogen-bond donors (Lipinski definition) is 1. The molecule has 2 aromatic rings. The number of nitrogens with one attached hydrogen (secondary N) is 1. The molecule has 2 heterocycles. The first-order chi connectivity index (χ1) is 9.24. The Hall–Kier alpha value is -2.42. The minimum Gasteiger partial charge on any atom is -0.334 e. The molecule has 1 amide bonds. The Bertz CT molecular complexity index is 663. The van der Waals surface area contributed by atoms with Crippen molar-refractivity contribution in [3.05, 3.63) is 30.4 Å². The van der Waals surface area contributed by atoms with Gasteiger partial charge in [0.15, 0.2) is 0 Å². The van der Waals surface area contributed by atoms with E-state index >= 15 is 0 Å². The zero-order valence-electron chi connectivity index (χ0n) is 10.3. The van der Waals surface area contributed by atoms with Gasteiger partial charge in [-0.2, -0.15) is 10.4 Å². The third-order valence-electron chi connectivity index (χ3n) is 3.59. The Morgan fingerprint density at radius 1 is 1.42 bits per heavy atom. The molecule has 1 saturated carbocycles. The van der Waals surface area contributed by atoms with Gasteiger partial charge in [-0.1, -0.05) is 0 Å². The van der Waals surface area contributed by atoms with Crippen LogP contribution in [0.3, 0.4) is 0 Å². The summed E-state index contributed by atoms with van der Waals surface area (Å²) in [4.78, 5) is 16.3. The smallest absolute Gasteiger partial charge is 0.256 e. The van der Waals surface area contributed by atoms with Gasteiger partial charge in [0, 0.05) is 12.4 Å². The van der Waals surface area contributed by atoms with Crippen molar-refractivity contribution in [1.29, 1.82) is 5.26 Å². The van der Waals surface area contributed by atoms with Crippen molar-refractivity contribution in [2.24, 2.45) is 0 Å². The Morgan fingerprint density at radius 3 is 2.95 bits per heavy atom. The van der Waals surface area contributed by atoms with Crippen LogP contribution in [0.25, 0.3) is 5.52 Å². The molecule has 0 spiro atoms. The standard InChI is InChI=1S/C13H13N5O/c14-9-13(3-1-2-4-13)17-12(19)10-7-16-18-6-5-15-8-11(10)18/h5-8H,1-4H2,(H,17,19). The Morgan fingerprint density at radius 2 is 2.21 bits per heavy atom. The van der Waals surface area contributed by atoms with Crippen molar-refractivity contribution in [2.75, 3.05) is 0 Å². The van der Waals surface area contributed by atoms with Gasteiger partial charge in [0.1, 0.15) is 5.54 Å². The van der Waals surface area contributed by atoms with Gasteiger partial charge in [0.25, 0.3) is 5.91 Å². The van der Waals surface area contributed by atoms with Gasteiger partial charge in [-0.3, -0.25) is 9.78 Å². The molecule has 96 valence electrons. The van der Waals surface area contributed by atoms with Crippen LogP contribution in [0.4, 0.5) is 0 Å². The maximum Gasteiger partial charge on any atom is 0.256 e. The molecule has 6 heteroatoms. The van der Waals surface area contributed by atoms with Crippen LogP contribution >= 0.6 is 0 Å². The highest BCUT2D eigenvalue weighted by Gasteiger charge is 2.36. The molecule has 1 aliphatic rings. The molecule has 0 aromatic carbocycles. The maximum atomic E-state index is 12.3. The van der Waals surface area contributed by atoms with Crippen molar-refractivity contribution in [3.63, 3.8) is 0 Å². The quantitative estimate of drug-likeness (QED) is 0.876. The number of aromatic nitrogens is 3. The average molecular weight is 255 g/mol. The van der Waals surface area contributed by atoms with Crippen molar-refractivity contribution in [1.82, 2.24) is 19.9 Å². The summed E-state index contributed by atoms with van der Waals surface area (Å²) in [6.45, 7) is 0. The monoisotopic (exact) mass is 255 g/mol. The molecule has 1 fully saturated rings. The first kappa shape index (κ1) is 11.7. The number of hydrogen-bond acceptors (Lipinski definition) is 4. The average Bonchev–Trinajstić information content (AvgIpc) is 3.05. The van der Waals surface area contributed by atoms with Gasteiger partial charge in [-0.25, -0.2) is 4.52 Å². The lowest BCUT2D eigenvalue weighted by Crippen LogP contribution is -2.45. The number of nitriles is 1. The first-order valence-electron chi connectivity index (χ1n) is 6.25. The van der Waals surface area contributed by atoms with E-state index in [2.05, 4.69) is 21.5 Å². The van der Waals surface area contributed by atoms with Gasteiger partial charge in [-0.05, 0) is 25.7 Å². The third-order valence-corrected chi connectivity index (χ3v) is 3.59. The lowest BCUT2D eigenvalue weighted by Gasteiger charge is -2.21. The fraction of sp³-hybridized carbons (Fsp3) is 0.385. The number of fused-ring (bicyclic) bond motifs is 1. The molecule has 19 heavy (non-hydrogen) atoms. The van der Waals surface area contributed by atoms with Gasteiger partial charge in [-0.15, -0.1) is 0 Å². The van der Waals surface area contributed by atoms with E-state index in [4.69, 9.17) is 0 Å². The predicted molar refractivity (Wildman–Crippen MR) is 67.3 cm³/mol. The molecule has 0 bridgehead atoms. The predicted octanol–water partition coefficient (Wildman–Crippen LogP) is 1.30. The van der Waals surface area contributed by atoms with Gasteiger partial charge < -0.3 is 5.32 Å². The fourth-order valence-corrected chi connectivity index (χ4v) is 2.54. The second kappa shape index (κ2) is 4.35. The second-order valence-electron chi connectivity index (χ2n) is 4.82. The summed E-state index contributed by atoms with van der Waals surface area (Å²) in [7, 11) is 0. The Kier molecular flexibility index (Phi) is 2.67.